The Morgan fingerprint density at radius 2 is 1.75 bits per heavy atom. The molecule has 0 bridgehead atoms. The highest BCUT2D eigenvalue weighted by Gasteiger charge is 2.05. The SMILES string of the molecule is Cc1ccc(COc2ccc(CC(C)N)cc2Br)cc1. The van der Waals surface area contributed by atoms with E-state index >= 15 is 0 Å². The fourth-order valence-electron chi connectivity index (χ4n) is 2.01. The number of halogens is 1. The van der Waals surface area contributed by atoms with Crippen LogP contribution in [0.2, 0.25) is 0 Å². The van der Waals surface area contributed by atoms with Gasteiger partial charge in [-0.05, 0) is 59.5 Å². The van der Waals surface area contributed by atoms with E-state index in [2.05, 4.69) is 59.3 Å². The Balaban J connectivity index is 2.01. The van der Waals surface area contributed by atoms with Gasteiger partial charge in [-0.3, -0.25) is 0 Å². The number of hydrogen-bond acceptors (Lipinski definition) is 2. The molecule has 0 spiro atoms. The van der Waals surface area contributed by atoms with Crippen LogP contribution >= 0.6 is 15.9 Å². The molecule has 0 amide bonds. The minimum absolute atomic E-state index is 0.168. The fraction of sp³-hybridized carbons (Fsp3) is 0.294. The molecule has 0 aliphatic rings. The first kappa shape index (κ1) is 15.1. The second-order valence-corrected chi connectivity index (χ2v) is 6.07. The molecule has 0 aliphatic heterocycles. The van der Waals surface area contributed by atoms with E-state index in [-0.39, 0.29) is 6.04 Å². The van der Waals surface area contributed by atoms with Crippen LogP contribution in [0.5, 0.6) is 5.75 Å². The Kier molecular flexibility index (Phi) is 5.21. The molecule has 3 heteroatoms. The third kappa shape index (κ3) is 4.36. The number of rotatable bonds is 5. The van der Waals surface area contributed by atoms with Crippen LogP contribution in [-0.2, 0) is 13.0 Å². The average Bonchev–Trinajstić information content (AvgIpc) is 2.39. The van der Waals surface area contributed by atoms with Gasteiger partial charge in [-0.25, -0.2) is 0 Å². The van der Waals surface area contributed by atoms with Crippen molar-refractivity contribution < 1.29 is 4.74 Å². The first-order valence-electron chi connectivity index (χ1n) is 6.77. The number of hydrogen-bond donors (Lipinski definition) is 1. The summed E-state index contributed by atoms with van der Waals surface area (Å²) in [4.78, 5) is 0. The summed E-state index contributed by atoms with van der Waals surface area (Å²) in [6.45, 7) is 4.67. The van der Waals surface area contributed by atoms with Crippen LogP contribution < -0.4 is 10.5 Å². The summed E-state index contributed by atoms with van der Waals surface area (Å²) in [5.74, 6) is 0.860. The zero-order valence-corrected chi connectivity index (χ0v) is 13.5. The zero-order chi connectivity index (χ0) is 14.5. The summed E-state index contributed by atoms with van der Waals surface area (Å²) in [6.07, 6.45) is 0.872. The van der Waals surface area contributed by atoms with Crippen molar-refractivity contribution in [2.75, 3.05) is 0 Å². The Morgan fingerprint density at radius 3 is 2.35 bits per heavy atom. The molecule has 2 nitrogen and oxygen atoms in total. The predicted molar refractivity (Wildman–Crippen MR) is 87.0 cm³/mol. The molecule has 106 valence electrons. The van der Waals surface area contributed by atoms with Crippen molar-refractivity contribution in [2.45, 2.75) is 32.9 Å². The van der Waals surface area contributed by atoms with E-state index in [1.807, 2.05) is 13.0 Å². The molecule has 2 aromatic carbocycles. The van der Waals surface area contributed by atoms with Crippen molar-refractivity contribution in [3.05, 3.63) is 63.6 Å². The normalized spacial score (nSPS) is 12.2. The van der Waals surface area contributed by atoms with Gasteiger partial charge >= 0.3 is 0 Å². The van der Waals surface area contributed by atoms with Gasteiger partial charge in [0.1, 0.15) is 12.4 Å². The van der Waals surface area contributed by atoms with Crippen molar-refractivity contribution in [2.24, 2.45) is 5.73 Å². The Morgan fingerprint density at radius 1 is 1.10 bits per heavy atom. The molecule has 0 aliphatic carbocycles. The van der Waals surface area contributed by atoms with Crippen molar-refractivity contribution in [1.82, 2.24) is 0 Å². The second kappa shape index (κ2) is 6.91. The quantitative estimate of drug-likeness (QED) is 0.888. The monoisotopic (exact) mass is 333 g/mol. The van der Waals surface area contributed by atoms with E-state index in [0.717, 1.165) is 16.6 Å². The van der Waals surface area contributed by atoms with Gasteiger partial charge in [-0.1, -0.05) is 35.9 Å². The van der Waals surface area contributed by atoms with E-state index in [1.54, 1.807) is 0 Å². The molecule has 2 aromatic rings. The number of aryl methyl sites for hydroxylation is 1. The molecule has 0 saturated carbocycles. The van der Waals surface area contributed by atoms with Gasteiger partial charge in [0.2, 0.25) is 0 Å². The van der Waals surface area contributed by atoms with Gasteiger partial charge in [0.05, 0.1) is 4.47 Å². The lowest BCUT2D eigenvalue weighted by molar-refractivity contribution is 0.304. The van der Waals surface area contributed by atoms with Gasteiger partial charge in [0, 0.05) is 6.04 Å². The highest BCUT2D eigenvalue weighted by atomic mass is 79.9. The maximum Gasteiger partial charge on any atom is 0.134 e. The highest BCUT2D eigenvalue weighted by Crippen LogP contribution is 2.27. The first-order valence-corrected chi connectivity index (χ1v) is 7.56. The Labute approximate surface area is 129 Å². The van der Waals surface area contributed by atoms with E-state index in [9.17, 15) is 0 Å². The van der Waals surface area contributed by atoms with Gasteiger partial charge in [0.15, 0.2) is 0 Å². The molecule has 0 heterocycles. The third-order valence-corrected chi connectivity index (χ3v) is 3.69. The van der Waals surface area contributed by atoms with Crippen LogP contribution in [0.25, 0.3) is 0 Å². The molecule has 2 N–H and O–H groups in total. The molecular weight excluding hydrogens is 314 g/mol. The summed E-state index contributed by atoms with van der Waals surface area (Å²) in [5, 5.41) is 0. The van der Waals surface area contributed by atoms with Crippen LogP contribution in [0.15, 0.2) is 46.9 Å². The summed E-state index contributed by atoms with van der Waals surface area (Å²) in [5.41, 5.74) is 9.46. The Hall–Kier alpha value is -1.32. The lowest BCUT2D eigenvalue weighted by Crippen LogP contribution is -2.17. The lowest BCUT2D eigenvalue weighted by Gasteiger charge is -2.11. The van der Waals surface area contributed by atoms with Gasteiger partial charge in [0.25, 0.3) is 0 Å². The van der Waals surface area contributed by atoms with Gasteiger partial charge in [-0.2, -0.15) is 0 Å². The van der Waals surface area contributed by atoms with Crippen LogP contribution in [-0.4, -0.2) is 6.04 Å². The van der Waals surface area contributed by atoms with Crippen molar-refractivity contribution in [3.63, 3.8) is 0 Å². The number of ether oxygens (including phenoxy) is 1. The van der Waals surface area contributed by atoms with Crippen molar-refractivity contribution >= 4 is 15.9 Å². The lowest BCUT2D eigenvalue weighted by atomic mass is 10.1. The Bertz CT molecular complexity index is 564. The van der Waals surface area contributed by atoms with Crippen LogP contribution in [0.4, 0.5) is 0 Å². The van der Waals surface area contributed by atoms with E-state index in [4.69, 9.17) is 10.5 Å². The van der Waals surface area contributed by atoms with Gasteiger partial charge in [-0.15, -0.1) is 0 Å². The first-order chi connectivity index (χ1) is 9.54. The molecular formula is C17H20BrNO. The third-order valence-electron chi connectivity index (χ3n) is 3.07. The standard InChI is InChI=1S/C17H20BrNO/c1-12-3-5-14(6-4-12)11-20-17-8-7-15(9-13(2)19)10-16(17)18/h3-8,10,13H,9,11,19H2,1-2H3. The van der Waals surface area contributed by atoms with Crippen molar-refractivity contribution in [3.8, 4) is 5.75 Å². The van der Waals surface area contributed by atoms with E-state index in [0.29, 0.717) is 6.61 Å². The molecule has 1 unspecified atom stereocenters. The number of nitrogens with two attached hydrogens (primary N) is 1. The smallest absolute Gasteiger partial charge is 0.134 e. The second-order valence-electron chi connectivity index (χ2n) is 5.22. The largest absolute Gasteiger partial charge is 0.488 e. The summed E-state index contributed by atoms with van der Waals surface area (Å²) in [6, 6.07) is 14.7. The molecule has 0 saturated heterocycles. The van der Waals surface area contributed by atoms with Gasteiger partial charge < -0.3 is 10.5 Å². The number of benzene rings is 2. The van der Waals surface area contributed by atoms with E-state index < -0.39 is 0 Å². The summed E-state index contributed by atoms with van der Waals surface area (Å²) in [7, 11) is 0. The molecule has 0 fully saturated rings. The van der Waals surface area contributed by atoms with Crippen molar-refractivity contribution in [1.29, 1.82) is 0 Å². The topological polar surface area (TPSA) is 35.2 Å². The molecule has 0 radical (unpaired) electrons. The molecule has 0 aromatic heterocycles. The zero-order valence-electron chi connectivity index (χ0n) is 11.9. The summed E-state index contributed by atoms with van der Waals surface area (Å²) < 4.78 is 6.82. The molecule has 2 rings (SSSR count). The minimum Gasteiger partial charge on any atom is -0.488 e. The molecule has 1 atom stereocenters. The fourth-order valence-corrected chi connectivity index (χ4v) is 2.55. The van der Waals surface area contributed by atoms with Crippen LogP contribution in [0.3, 0.4) is 0 Å². The predicted octanol–water partition coefficient (Wildman–Crippen LogP) is 4.23. The van der Waals surface area contributed by atoms with E-state index in [1.165, 1.54) is 16.7 Å². The average molecular weight is 334 g/mol. The summed E-state index contributed by atoms with van der Waals surface area (Å²) >= 11 is 3.56. The van der Waals surface area contributed by atoms with Crippen LogP contribution in [0, 0.1) is 6.92 Å². The highest BCUT2D eigenvalue weighted by molar-refractivity contribution is 9.10. The maximum atomic E-state index is 5.84. The van der Waals surface area contributed by atoms with Crippen LogP contribution in [0.1, 0.15) is 23.6 Å². The molecule has 20 heavy (non-hydrogen) atoms. The maximum absolute atomic E-state index is 5.84. The minimum atomic E-state index is 0.168.